The molecule has 0 aromatic heterocycles. The van der Waals surface area contributed by atoms with Crippen molar-refractivity contribution >= 4 is 52.3 Å². The fourth-order valence-electron chi connectivity index (χ4n) is 6.41. The molecule has 0 bridgehead atoms. The monoisotopic (exact) mass is 542 g/mol. The van der Waals surface area contributed by atoms with Crippen LogP contribution >= 0.6 is 11.6 Å². The molecule has 3 aromatic carbocycles. The molecule has 4 amide bonds. The van der Waals surface area contributed by atoms with Crippen molar-refractivity contribution in [3.8, 4) is 0 Å². The Hall–Kier alpha value is -4.01. The molecule has 2 fully saturated rings. The molecule has 6 rings (SSSR count). The Bertz CT molecular complexity index is 1520. The molecular weight excluding hydrogens is 516 g/mol. The Kier molecular flexibility index (Phi) is 6.04. The van der Waals surface area contributed by atoms with Crippen LogP contribution in [0, 0.1) is 11.8 Å². The summed E-state index contributed by atoms with van der Waals surface area (Å²) in [5, 5.41) is 6.72. The third-order valence-electron chi connectivity index (χ3n) is 8.04. The molecule has 2 saturated heterocycles. The van der Waals surface area contributed by atoms with Crippen LogP contribution in [0.15, 0.2) is 72.8 Å². The average Bonchev–Trinajstić information content (AvgIpc) is 3.49. The van der Waals surface area contributed by atoms with Crippen LogP contribution in [-0.4, -0.2) is 29.7 Å². The molecule has 198 valence electrons. The third kappa shape index (κ3) is 3.70. The van der Waals surface area contributed by atoms with Gasteiger partial charge < -0.3 is 10.2 Å². The van der Waals surface area contributed by atoms with Gasteiger partial charge in [-0.15, -0.1) is 0 Å². The number of imide groups is 1. The van der Waals surface area contributed by atoms with E-state index in [1.165, 1.54) is 11.8 Å². The molecular formula is C30H27ClN4O4. The summed E-state index contributed by atoms with van der Waals surface area (Å²) >= 11 is 6.45. The van der Waals surface area contributed by atoms with Gasteiger partial charge in [-0.1, -0.05) is 54.9 Å². The molecule has 1 spiro atoms. The number of halogens is 1. The summed E-state index contributed by atoms with van der Waals surface area (Å²) in [6.07, 6.45) is 0.567. The number of hydrogen-bond donors (Lipinski definition) is 2. The van der Waals surface area contributed by atoms with E-state index in [0.717, 1.165) is 5.56 Å². The summed E-state index contributed by atoms with van der Waals surface area (Å²) in [7, 11) is 0. The quantitative estimate of drug-likeness (QED) is 0.470. The van der Waals surface area contributed by atoms with Crippen molar-refractivity contribution in [2.75, 3.05) is 15.1 Å². The van der Waals surface area contributed by atoms with Crippen LogP contribution in [0.1, 0.15) is 31.4 Å². The minimum Gasteiger partial charge on any atom is -0.326 e. The SMILES string of the molecule is CCC1NC2(C(=O)N(Cc3ccccc3Cl)c3ccccc32)C2C(=O)N(c3ccc(NC(C)=O)cc3)C(=O)C12. The van der Waals surface area contributed by atoms with Crippen molar-refractivity contribution in [3.05, 3.63) is 88.9 Å². The van der Waals surface area contributed by atoms with Gasteiger partial charge in [0.05, 0.1) is 24.1 Å². The van der Waals surface area contributed by atoms with Crippen LogP contribution in [0.25, 0.3) is 0 Å². The van der Waals surface area contributed by atoms with E-state index in [0.29, 0.717) is 34.1 Å². The minimum atomic E-state index is -1.37. The van der Waals surface area contributed by atoms with Gasteiger partial charge in [-0.2, -0.15) is 0 Å². The second-order valence-corrected chi connectivity index (χ2v) is 10.6. The van der Waals surface area contributed by atoms with Crippen molar-refractivity contribution < 1.29 is 19.2 Å². The lowest BCUT2D eigenvalue weighted by atomic mass is 9.76. The predicted octanol–water partition coefficient (Wildman–Crippen LogP) is 4.23. The van der Waals surface area contributed by atoms with Gasteiger partial charge in [-0.05, 0) is 48.4 Å². The maximum absolute atomic E-state index is 14.4. The van der Waals surface area contributed by atoms with Crippen LogP contribution in [-0.2, 0) is 31.3 Å². The topological polar surface area (TPSA) is 98.8 Å². The van der Waals surface area contributed by atoms with Crippen LogP contribution in [0.4, 0.5) is 17.1 Å². The van der Waals surface area contributed by atoms with Crippen molar-refractivity contribution in [1.82, 2.24) is 5.32 Å². The summed E-state index contributed by atoms with van der Waals surface area (Å²) in [4.78, 5) is 56.7. The van der Waals surface area contributed by atoms with Gasteiger partial charge in [0.15, 0.2) is 0 Å². The van der Waals surface area contributed by atoms with Gasteiger partial charge in [-0.3, -0.25) is 24.5 Å². The number of fused-ring (bicyclic) bond motifs is 4. The molecule has 0 radical (unpaired) electrons. The predicted molar refractivity (Wildman–Crippen MR) is 148 cm³/mol. The molecule has 8 nitrogen and oxygen atoms in total. The molecule has 0 saturated carbocycles. The molecule has 9 heteroatoms. The zero-order valence-corrected chi connectivity index (χ0v) is 22.2. The zero-order valence-electron chi connectivity index (χ0n) is 21.5. The van der Waals surface area contributed by atoms with Crippen LogP contribution in [0.3, 0.4) is 0 Å². The van der Waals surface area contributed by atoms with E-state index in [-0.39, 0.29) is 30.3 Å². The average molecular weight is 543 g/mol. The first-order valence-corrected chi connectivity index (χ1v) is 13.3. The maximum atomic E-state index is 14.4. The first-order chi connectivity index (χ1) is 18.8. The highest BCUT2D eigenvalue weighted by atomic mass is 35.5. The Balaban J connectivity index is 1.43. The van der Waals surface area contributed by atoms with Crippen molar-refractivity contribution in [2.45, 2.75) is 38.4 Å². The van der Waals surface area contributed by atoms with E-state index in [9.17, 15) is 19.2 Å². The molecule has 4 unspecified atom stereocenters. The number of amides is 4. The normalized spacial score (nSPS) is 25.4. The van der Waals surface area contributed by atoms with E-state index in [2.05, 4.69) is 10.6 Å². The highest BCUT2D eigenvalue weighted by molar-refractivity contribution is 6.31. The number of benzene rings is 3. The number of hydrogen-bond acceptors (Lipinski definition) is 5. The van der Waals surface area contributed by atoms with E-state index < -0.39 is 23.3 Å². The van der Waals surface area contributed by atoms with E-state index in [1.54, 1.807) is 35.2 Å². The van der Waals surface area contributed by atoms with Gasteiger partial charge in [0.1, 0.15) is 5.54 Å². The smallest absolute Gasteiger partial charge is 0.253 e. The van der Waals surface area contributed by atoms with Crippen molar-refractivity contribution in [1.29, 1.82) is 0 Å². The molecule has 3 aromatic rings. The maximum Gasteiger partial charge on any atom is 0.253 e. The molecule has 3 aliphatic rings. The Morgan fingerprint density at radius 3 is 2.36 bits per heavy atom. The lowest BCUT2D eigenvalue weighted by molar-refractivity contribution is -0.132. The molecule has 0 aliphatic carbocycles. The minimum absolute atomic E-state index is 0.218. The van der Waals surface area contributed by atoms with Gasteiger partial charge in [0.2, 0.25) is 17.7 Å². The molecule has 4 atom stereocenters. The highest BCUT2D eigenvalue weighted by Crippen LogP contribution is 2.55. The van der Waals surface area contributed by atoms with Crippen LogP contribution in [0.2, 0.25) is 5.02 Å². The Labute approximate surface area is 230 Å². The number of para-hydroxylation sites is 1. The van der Waals surface area contributed by atoms with Gasteiger partial charge in [0.25, 0.3) is 5.91 Å². The highest BCUT2D eigenvalue weighted by Gasteiger charge is 2.71. The second kappa shape index (κ2) is 9.32. The number of rotatable bonds is 5. The molecule has 3 heterocycles. The lowest BCUT2D eigenvalue weighted by Crippen LogP contribution is -2.55. The number of nitrogens with one attached hydrogen (secondary N) is 2. The fraction of sp³-hybridized carbons (Fsp3) is 0.267. The fourth-order valence-corrected chi connectivity index (χ4v) is 6.60. The van der Waals surface area contributed by atoms with Crippen LogP contribution < -0.4 is 20.4 Å². The number of carbonyl (C=O) groups excluding carboxylic acids is 4. The second-order valence-electron chi connectivity index (χ2n) is 10.2. The number of carbonyl (C=O) groups is 4. The Morgan fingerprint density at radius 2 is 1.67 bits per heavy atom. The van der Waals surface area contributed by atoms with Crippen LogP contribution in [0.5, 0.6) is 0 Å². The summed E-state index contributed by atoms with van der Waals surface area (Å²) < 4.78 is 0. The first-order valence-electron chi connectivity index (χ1n) is 13.0. The molecule has 2 N–H and O–H groups in total. The Morgan fingerprint density at radius 1 is 0.974 bits per heavy atom. The number of nitrogens with zero attached hydrogens (tertiary/aromatic N) is 2. The third-order valence-corrected chi connectivity index (χ3v) is 8.41. The largest absolute Gasteiger partial charge is 0.326 e. The standard InChI is InChI=1S/C30H27ClN4O4/c1-3-23-25-26(28(38)35(27(25)37)20-14-12-19(13-15-20)32-17(2)36)30(33-23)21-9-5-7-11-24(21)34(29(30)39)16-18-8-4-6-10-22(18)31/h4-15,23,25-26,33H,3,16H2,1-2H3,(H,32,36). The van der Waals surface area contributed by atoms with E-state index in [1.807, 2.05) is 49.4 Å². The summed E-state index contributed by atoms with van der Waals surface area (Å²) in [6.45, 7) is 3.60. The molecule has 3 aliphatic heterocycles. The van der Waals surface area contributed by atoms with Gasteiger partial charge in [0, 0.05) is 34.9 Å². The summed E-state index contributed by atoms with van der Waals surface area (Å²) in [5.74, 6) is -2.83. The molecule has 39 heavy (non-hydrogen) atoms. The van der Waals surface area contributed by atoms with E-state index >= 15 is 0 Å². The summed E-state index contributed by atoms with van der Waals surface area (Å²) in [5.41, 5.74) is 1.77. The van der Waals surface area contributed by atoms with Crippen molar-refractivity contribution in [3.63, 3.8) is 0 Å². The van der Waals surface area contributed by atoms with Gasteiger partial charge in [-0.25, -0.2) is 4.90 Å². The zero-order chi connectivity index (χ0) is 27.5. The summed E-state index contributed by atoms with van der Waals surface area (Å²) in [6, 6.07) is 21.0. The van der Waals surface area contributed by atoms with Gasteiger partial charge >= 0.3 is 0 Å². The van der Waals surface area contributed by atoms with Crippen molar-refractivity contribution in [2.24, 2.45) is 11.8 Å². The number of anilines is 3. The lowest BCUT2D eigenvalue weighted by Gasteiger charge is -2.30. The van der Waals surface area contributed by atoms with E-state index in [4.69, 9.17) is 11.6 Å². The first kappa shape index (κ1) is 25.3.